The van der Waals surface area contributed by atoms with Crippen molar-refractivity contribution in [3.05, 3.63) is 26.4 Å². The Bertz CT molecular complexity index is 825. The molecule has 1 aromatic heterocycles. The highest BCUT2D eigenvalue weighted by Gasteiger charge is 2.40. The molecule has 142 valence electrons. The van der Waals surface area contributed by atoms with Gasteiger partial charge in [-0.15, -0.1) is 0 Å². The van der Waals surface area contributed by atoms with Gasteiger partial charge in [-0.05, 0) is 43.4 Å². The topological polar surface area (TPSA) is 124 Å². The van der Waals surface area contributed by atoms with Crippen molar-refractivity contribution in [3.63, 3.8) is 0 Å². The van der Waals surface area contributed by atoms with Crippen LogP contribution in [0.25, 0.3) is 0 Å². The number of ether oxygens (including phenoxy) is 1. The number of carbonyl (C=O) groups excluding carboxylic acids is 2. The summed E-state index contributed by atoms with van der Waals surface area (Å²) in [6, 6.07) is 0. The molecule has 3 atom stereocenters. The minimum Gasteiger partial charge on any atom is -0.457 e. The van der Waals surface area contributed by atoms with Crippen LogP contribution in [0.4, 0.5) is 5.82 Å². The minimum atomic E-state index is -0.853. The lowest BCUT2D eigenvalue weighted by atomic mass is 9.86. The van der Waals surface area contributed by atoms with Crippen molar-refractivity contribution in [1.82, 2.24) is 9.55 Å². The standard InChI is InChI=1S/C18H25N3O5/c1-2-5-21-16(19)15(17(24)20-18(21)25)13(22)9-26-14(23)8-12-7-10-3-4-11(12)6-10/h10-12H,2-9,19H2,1H3,(H,20,24,25)/t10-,11-,12+/m1/s1. The molecule has 0 unspecified atom stereocenters. The smallest absolute Gasteiger partial charge is 0.329 e. The molecular formula is C18H25N3O5. The molecule has 2 aliphatic carbocycles. The zero-order chi connectivity index (χ0) is 18.8. The number of H-pyrrole nitrogens is 1. The average Bonchev–Trinajstić information content (AvgIpc) is 3.19. The van der Waals surface area contributed by atoms with Crippen LogP contribution in [0.1, 0.15) is 55.8 Å². The molecule has 0 radical (unpaired) electrons. The zero-order valence-corrected chi connectivity index (χ0v) is 15.0. The van der Waals surface area contributed by atoms with Crippen molar-refractivity contribution in [1.29, 1.82) is 0 Å². The molecule has 0 aliphatic heterocycles. The van der Waals surface area contributed by atoms with Crippen molar-refractivity contribution >= 4 is 17.6 Å². The van der Waals surface area contributed by atoms with Crippen molar-refractivity contribution < 1.29 is 14.3 Å². The third-order valence-corrected chi connectivity index (χ3v) is 5.64. The van der Waals surface area contributed by atoms with E-state index in [0.29, 0.717) is 24.7 Å². The van der Waals surface area contributed by atoms with Crippen molar-refractivity contribution in [3.8, 4) is 0 Å². The maximum atomic E-state index is 12.3. The molecule has 0 saturated heterocycles. The number of hydrogen-bond donors (Lipinski definition) is 2. The van der Waals surface area contributed by atoms with E-state index in [4.69, 9.17) is 10.5 Å². The molecule has 2 aliphatic rings. The van der Waals surface area contributed by atoms with Crippen LogP contribution in [0.5, 0.6) is 0 Å². The third kappa shape index (κ3) is 3.59. The van der Waals surface area contributed by atoms with E-state index in [2.05, 4.69) is 4.98 Å². The molecular weight excluding hydrogens is 338 g/mol. The monoisotopic (exact) mass is 363 g/mol. The van der Waals surface area contributed by atoms with Gasteiger partial charge in [0, 0.05) is 13.0 Å². The fourth-order valence-corrected chi connectivity index (χ4v) is 4.42. The fourth-order valence-electron chi connectivity index (χ4n) is 4.42. The Morgan fingerprint density at radius 3 is 2.65 bits per heavy atom. The highest BCUT2D eigenvalue weighted by molar-refractivity contribution is 6.01. The SMILES string of the molecule is CCCn1c(N)c(C(=O)COC(=O)C[C@@H]2C[C@@H]3CC[C@@H]2C3)c(=O)[nH]c1=O. The number of anilines is 1. The fraction of sp³-hybridized carbons (Fsp3) is 0.667. The molecule has 2 bridgehead atoms. The second kappa shape index (κ2) is 7.47. The van der Waals surface area contributed by atoms with Crippen LogP contribution < -0.4 is 17.0 Å². The summed E-state index contributed by atoms with van der Waals surface area (Å²) in [7, 11) is 0. The number of aromatic amines is 1. The number of fused-ring (bicyclic) bond motifs is 2. The van der Waals surface area contributed by atoms with Crippen LogP contribution in [0.15, 0.2) is 9.59 Å². The molecule has 8 nitrogen and oxygen atoms in total. The predicted molar refractivity (Wildman–Crippen MR) is 94.9 cm³/mol. The number of esters is 1. The van der Waals surface area contributed by atoms with E-state index in [1.807, 2.05) is 6.92 Å². The summed E-state index contributed by atoms with van der Waals surface area (Å²) < 4.78 is 6.23. The van der Waals surface area contributed by atoms with E-state index in [9.17, 15) is 19.2 Å². The Morgan fingerprint density at radius 2 is 2.04 bits per heavy atom. The number of hydrogen-bond acceptors (Lipinski definition) is 6. The first-order valence-electron chi connectivity index (χ1n) is 9.22. The third-order valence-electron chi connectivity index (χ3n) is 5.64. The maximum Gasteiger partial charge on any atom is 0.329 e. The molecule has 0 amide bonds. The number of rotatable bonds is 7. The first-order valence-corrected chi connectivity index (χ1v) is 9.22. The maximum absolute atomic E-state index is 12.3. The number of Topliss-reactive ketones (excluding diaryl/α,β-unsaturated/α-hetero) is 1. The van der Waals surface area contributed by atoms with Crippen LogP contribution in [-0.4, -0.2) is 27.9 Å². The van der Waals surface area contributed by atoms with E-state index in [1.54, 1.807) is 0 Å². The highest BCUT2D eigenvalue weighted by atomic mass is 16.5. The van der Waals surface area contributed by atoms with Crippen LogP contribution in [0.3, 0.4) is 0 Å². The molecule has 3 N–H and O–H groups in total. The van der Waals surface area contributed by atoms with Gasteiger partial charge in [-0.1, -0.05) is 13.3 Å². The van der Waals surface area contributed by atoms with E-state index in [-0.39, 0.29) is 17.9 Å². The van der Waals surface area contributed by atoms with Gasteiger partial charge < -0.3 is 10.5 Å². The number of ketones is 1. The van der Waals surface area contributed by atoms with Crippen molar-refractivity contribution in [2.45, 2.75) is 52.0 Å². The van der Waals surface area contributed by atoms with Gasteiger partial charge >= 0.3 is 11.7 Å². The van der Waals surface area contributed by atoms with E-state index in [1.165, 1.54) is 19.3 Å². The lowest BCUT2D eigenvalue weighted by Crippen LogP contribution is -2.37. The normalized spacial score (nSPS) is 24.0. The summed E-state index contributed by atoms with van der Waals surface area (Å²) in [4.78, 5) is 50.2. The summed E-state index contributed by atoms with van der Waals surface area (Å²) in [6.07, 6.45) is 5.61. The lowest BCUT2D eigenvalue weighted by Gasteiger charge is -2.20. The molecule has 8 heteroatoms. The van der Waals surface area contributed by atoms with Gasteiger partial charge in [0.2, 0.25) is 5.78 Å². The largest absolute Gasteiger partial charge is 0.457 e. The number of nitrogen functional groups attached to an aromatic ring is 1. The summed E-state index contributed by atoms with van der Waals surface area (Å²) >= 11 is 0. The first-order chi connectivity index (χ1) is 12.4. The van der Waals surface area contributed by atoms with Gasteiger partial charge in [-0.3, -0.25) is 23.9 Å². The number of nitrogens with one attached hydrogen (secondary N) is 1. The molecule has 26 heavy (non-hydrogen) atoms. The summed E-state index contributed by atoms with van der Waals surface area (Å²) in [5.74, 6) is 0.366. The second-order valence-corrected chi connectivity index (χ2v) is 7.39. The number of aromatic nitrogens is 2. The van der Waals surface area contributed by atoms with Crippen LogP contribution in [-0.2, 0) is 16.1 Å². The highest BCUT2D eigenvalue weighted by Crippen LogP contribution is 2.49. The number of carbonyl (C=O) groups is 2. The lowest BCUT2D eigenvalue weighted by molar-refractivity contribution is -0.144. The van der Waals surface area contributed by atoms with Gasteiger partial charge in [0.05, 0.1) is 0 Å². The molecule has 0 aromatic carbocycles. The molecule has 1 heterocycles. The predicted octanol–water partition coefficient (Wildman–Crippen LogP) is 1.08. The molecule has 1 aromatic rings. The second-order valence-electron chi connectivity index (χ2n) is 7.39. The Labute approximate surface area is 150 Å². The molecule has 2 saturated carbocycles. The van der Waals surface area contributed by atoms with E-state index >= 15 is 0 Å². The molecule has 2 fully saturated rings. The summed E-state index contributed by atoms with van der Waals surface area (Å²) in [5, 5.41) is 0. The molecule has 3 rings (SSSR count). The molecule has 0 spiro atoms. The van der Waals surface area contributed by atoms with Gasteiger partial charge in [0.25, 0.3) is 5.56 Å². The van der Waals surface area contributed by atoms with Gasteiger partial charge in [-0.25, -0.2) is 4.79 Å². The Morgan fingerprint density at radius 1 is 1.27 bits per heavy atom. The van der Waals surface area contributed by atoms with Gasteiger partial charge in [0.15, 0.2) is 6.61 Å². The first kappa shape index (κ1) is 18.4. The summed E-state index contributed by atoms with van der Waals surface area (Å²) in [6.45, 7) is 1.58. The van der Waals surface area contributed by atoms with Crippen molar-refractivity contribution in [2.75, 3.05) is 12.3 Å². The van der Waals surface area contributed by atoms with E-state index < -0.39 is 29.6 Å². The van der Waals surface area contributed by atoms with E-state index in [0.717, 1.165) is 16.9 Å². The van der Waals surface area contributed by atoms with Gasteiger partial charge in [-0.2, -0.15) is 0 Å². The average molecular weight is 363 g/mol. The van der Waals surface area contributed by atoms with Crippen molar-refractivity contribution in [2.24, 2.45) is 17.8 Å². The number of nitrogens with two attached hydrogens (primary N) is 1. The number of nitrogens with zero attached hydrogens (tertiary/aromatic N) is 1. The van der Waals surface area contributed by atoms with Crippen LogP contribution in [0.2, 0.25) is 0 Å². The minimum absolute atomic E-state index is 0.185. The Kier molecular flexibility index (Phi) is 5.29. The summed E-state index contributed by atoms with van der Waals surface area (Å²) in [5.41, 5.74) is 4.00. The quantitative estimate of drug-likeness (QED) is 0.552. The van der Waals surface area contributed by atoms with Crippen LogP contribution in [0, 0.1) is 17.8 Å². The Hall–Kier alpha value is -2.38. The zero-order valence-electron chi connectivity index (χ0n) is 15.0. The van der Waals surface area contributed by atoms with Crippen LogP contribution >= 0.6 is 0 Å². The van der Waals surface area contributed by atoms with Gasteiger partial charge in [0.1, 0.15) is 11.4 Å². The Balaban J connectivity index is 1.63.